The maximum Gasteiger partial charge on any atom is 0.312 e. The predicted molar refractivity (Wildman–Crippen MR) is 102 cm³/mol. The molecular formula is C19H16ClN3O5. The summed E-state index contributed by atoms with van der Waals surface area (Å²) in [6.07, 6.45) is 4.60. The van der Waals surface area contributed by atoms with Crippen LogP contribution in [0.2, 0.25) is 5.02 Å². The average molecular weight is 402 g/mol. The molecule has 0 saturated carbocycles. The molecule has 0 aliphatic heterocycles. The third kappa shape index (κ3) is 4.47. The molecule has 8 nitrogen and oxygen atoms in total. The van der Waals surface area contributed by atoms with Crippen LogP contribution in [0.3, 0.4) is 0 Å². The first-order valence-electron chi connectivity index (χ1n) is 8.21. The van der Waals surface area contributed by atoms with E-state index < -0.39 is 4.92 Å². The number of allylic oxidation sites excluding steroid dienone is 1. The number of hydrogen-bond acceptors (Lipinski definition) is 6. The average Bonchev–Trinajstić information content (AvgIpc) is 3.24. The molecule has 0 unspecified atom stereocenters. The largest absolute Gasteiger partial charge is 0.479 e. The van der Waals surface area contributed by atoms with Crippen LogP contribution in [0.4, 0.5) is 5.69 Å². The highest BCUT2D eigenvalue weighted by Crippen LogP contribution is 2.30. The van der Waals surface area contributed by atoms with Crippen LogP contribution >= 0.6 is 11.6 Å². The third-order valence-corrected chi connectivity index (χ3v) is 4.08. The van der Waals surface area contributed by atoms with E-state index in [9.17, 15) is 14.9 Å². The number of furan rings is 1. The fourth-order valence-corrected chi connectivity index (χ4v) is 2.72. The SMILES string of the molecule is Cc1nn(C)cc1C(=O)/C=C/c1ccc(COc2ccc(Cl)cc2[N+](=O)[O-])o1. The molecule has 0 aliphatic carbocycles. The van der Waals surface area contributed by atoms with Gasteiger partial charge in [0.2, 0.25) is 0 Å². The molecule has 3 aromatic rings. The highest BCUT2D eigenvalue weighted by atomic mass is 35.5. The first kappa shape index (κ1) is 19.4. The van der Waals surface area contributed by atoms with Crippen molar-refractivity contribution in [1.29, 1.82) is 0 Å². The summed E-state index contributed by atoms with van der Waals surface area (Å²) < 4.78 is 12.6. The molecule has 3 rings (SSSR count). The number of nitro benzene ring substituents is 1. The molecule has 1 aromatic carbocycles. The lowest BCUT2D eigenvalue weighted by molar-refractivity contribution is -0.385. The van der Waals surface area contributed by atoms with Crippen LogP contribution in [0.15, 0.2) is 47.0 Å². The van der Waals surface area contributed by atoms with Crippen LogP contribution in [0.1, 0.15) is 27.6 Å². The van der Waals surface area contributed by atoms with Gasteiger partial charge in [-0.25, -0.2) is 0 Å². The minimum absolute atomic E-state index is 0.00796. The number of carbonyl (C=O) groups excluding carboxylic acids is 1. The molecule has 2 aromatic heterocycles. The van der Waals surface area contributed by atoms with Gasteiger partial charge < -0.3 is 9.15 Å². The Kier molecular flexibility index (Phi) is 5.60. The van der Waals surface area contributed by atoms with Gasteiger partial charge in [-0.1, -0.05) is 11.6 Å². The van der Waals surface area contributed by atoms with Gasteiger partial charge in [0.25, 0.3) is 0 Å². The Morgan fingerprint density at radius 2 is 2.18 bits per heavy atom. The van der Waals surface area contributed by atoms with Crippen molar-refractivity contribution in [2.45, 2.75) is 13.5 Å². The van der Waals surface area contributed by atoms with E-state index in [1.807, 2.05) is 0 Å². The summed E-state index contributed by atoms with van der Waals surface area (Å²) >= 11 is 5.78. The molecule has 2 heterocycles. The molecule has 9 heteroatoms. The molecule has 0 radical (unpaired) electrons. The summed E-state index contributed by atoms with van der Waals surface area (Å²) in [7, 11) is 1.75. The maximum absolute atomic E-state index is 12.2. The number of halogens is 1. The van der Waals surface area contributed by atoms with Crippen LogP contribution in [0, 0.1) is 17.0 Å². The normalized spacial score (nSPS) is 11.1. The Morgan fingerprint density at radius 3 is 2.86 bits per heavy atom. The van der Waals surface area contributed by atoms with Crippen LogP contribution in [-0.2, 0) is 13.7 Å². The fourth-order valence-electron chi connectivity index (χ4n) is 2.55. The fraction of sp³-hybridized carbons (Fsp3) is 0.158. The second kappa shape index (κ2) is 8.10. The number of nitrogens with zero attached hydrogens (tertiary/aromatic N) is 3. The van der Waals surface area contributed by atoms with Crippen molar-refractivity contribution in [1.82, 2.24) is 9.78 Å². The number of rotatable bonds is 7. The summed E-state index contributed by atoms with van der Waals surface area (Å²) in [6, 6.07) is 7.50. The molecule has 0 amide bonds. The van der Waals surface area contributed by atoms with Gasteiger partial charge in [0.1, 0.15) is 18.1 Å². The lowest BCUT2D eigenvalue weighted by Crippen LogP contribution is -1.98. The zero-order valence-corrected chi connectivity index (χ0v) is 15.8. The zero-order valence-electron chi connectivity index (χ0n) is 15.1. The van der Waals surface area contributed by atoms with Crippen molar-refractivity contribution in [2.24, 2.45) is 7.05 Å². The smallest absolute Gasteiger partial charge is 0.312 e. The number of aryl methyl sites for hydroxylation is 2. The molecule has 0 saturated heterocycles. The number of aromatic nitrogens is 2. The molecular weight excluding hydrogens is 386 g/mol. The van der Waals surface area contributed by atoms with Gasteiger partial charge in [-0.3, -0.25) is 19.6 Å². The molecule has 0 aliphatic rings. The van der Waals surface area contributed by atoms with E-state index in [2.05, 4.69) is 5.10 Å². The standard InChI is InChI=1S/C19H16ClN3O5/c1-12-16(10-22(2)21-12)18(24)7-6-14-4-5-15(28-14)11-27-19-8-3-13(20)9-17(19)23(25)26/h3-10H,11H2,1-2H3/b7-6+. The van der Waals surface area contributed by atoms with Crippen molar-refractivity contribution in [2.75, 3.05) is 0 Å². The Hall–Kier alpha value is -3.39. The lowest BCUT2D eigenvalue weighted by atomic mass is 10.1. The van der Waals surface area contributed by atoms with Crippen molar-refractivity contribution in [3.05, 3.63) is 80.5 Å². The van der Waals surface area contributed by atoms with Gasteiger partial charge in [0.15, 0.2) is 11.5 Å². The van der Waals surface area contributed by atoms with E-state index in [0.29, 0.717) is 22.8 Å². The summed E-state index contributed by atoms with van der Waals surface area (Å²) in [5, 5.41) is 15.5. The van der Waals surface area contributed by atoms with Gasteiger partial charge in [0, 0.05) is 24.3 Å². The van der Waals surface area contributed by atoms with Gasteiger partial charge in [-0.05, 0) is 43.3 Å². The minimum Gasteiger partial charge on any atom is -0.479 e. The molecule has 0 spiro atoms. The Balaban J connectivity index is 1.66. The quantitative estimate of drug-likeness (QED) is 0.252. The number of hydrogen-bond donors (Lipinski definition) is 0. The Labute approximate surface area is 165 Å². The summed E-state index contributed by atoms with van der Waals surface area (Å²) in [4.78, 5) is 22.7. The second-order valence-electron chi connectivity index (χ2n) is 5.96. The molecule has 0 N–H and O–H groups in total. The van der Waals surface area contributed by atoms with E-state index in [-0.39, 0.29) is 28.8 Å². The molecule has 144 valence electrons. The van der Waals surface area contributed by atoms with E-state index in [1.54, 1.807) is 43.1 Å². The lowest BCUT2D eigenvalue weighted by Gasteiger charge is -2.05. The van der Waals surface area contributed by atoms with E-state index >= 15 is 0 Å². The molecule has 0 bridgehead atoms. The Bertz CT molecular complexity index is 1070. The van der Waals surface area contributed by atoms with Gasteiger partial charge in [0.05, 0.1) is 16.2 Å². The topological polar surface area (TPSA) is 100 Å². The molecule has 0 fully saturated rings. The number of ketones is 1. The summed E-state index contributed by atoms with van der Waals surface area (Å²) in [6.45, 7) is 1.76. The second-order valence-corrected chi connectivity index (χ2v) is 6.40. The van der Waals surface area contributed by atoms with Gasteiger partial charge in [-0.15, -0.1) is 0 Å². The first-order chi connectivity index (χ1) is 13.3. The van der Waals surface area contributed by atoms with Crippen molar-refractivity contribution in [3.8, 4) is 5.75 Å². The number of ether oxygens (including phenoxy) is 1. The predicted octanol–water partition coefficient (Wildman–Crippen LogP) is 4.36. The summed E-state index contributed by atoms with van der Waals surface area (Å²) in [5.74, 6) is 0.815. The highest BCUT2D eigenvalue weighted by Gasteiger charge is 2.16. The maximum atomic E-state index is 12.2. The minimum atomic E-state index is -0.566. The van der Waals surface area contributed by atoms with E-state index in [0.717, 1.165) is 0 Å². The zero-order chi connectivity index (χ0) is 20.3. The number of carbonyl (C=O) groups is 1. The van der Waals surface area contributed by atoms with Gasteiger partial charge in [-0.2, -0.15) is 5.10 Å². The van der Waals surface area contributed by atoms with Crippen molar-refractivity contribution < 1.29 is 18.9 Å². The van der Waals surface area contributed by atoms with Gasteiger partial charge >= 0.3 is 5.69 Å². The van der Waals surface area contributed by atoms with Crippen LogP contribution in [0.5, 0.6) is 5.75 Å². The Morgan fingerprint density at radius 1 is 1.39 bits per heavy atom. The van der Waals surface area contributed by atoms with Crippen LogP contribution < -0.4 is 4.74 Å². The van der Waals surface area contributed by atoms with Crippen molar-refractivity contribution in [3.63, 3.8) is 0 Å². The highest BCUT2D eigenvalue weighted by molar-refractivity contribution is 6.30. The molecule has 0 atom stereocenters. The molecule has 28 heavy (non-hydrogen) atoms. The van der Waals surface area contributed by atoms with E-state index in [1.165, 1.54) is 24.3 Å². The number of nitro groups is 1. The monoisotopic (exact) mass is 401 g/mol. The van der Waals surface area contributed by atoms with Crippen molar-refractivity contribution >= 4 is 29.1 Å². The first-order valence-corrected chi connectivity index (χ1v) is 8.59. The van der Waals surface area contributed by atoms with Crippen LogP contribution in [-0.4, -0.2) is 20.5 Å². The number of benzene rings is 1. The van der Waals surface area contributed by atoms with E-state index in [4.69, 9.17) is 20.8 Å². The summed E-state index contributed by atoms with van der Waals surface area (Å²) in [5.41, 5.74) is 0.941. The third-order valence-electron chi connectivity index (χ3n) is 3.85. The van der Waals surface area contributed by atoms with Crippen LogP contribution in [0.25, 0.3) is 6.08 Å².